The summed E-state index contributed by atoms with van der Waals surface area (Å²) in [7, 11) is 4.76. The predicted molar refractivity (Wildman–Crippen MR) is 115 cm³/mol. The molecule has 1 fully saturated rings. The fraction of sp³-hybridized carbons (Fsp3) is 0.478. The first-order valence-electron chi connectivity index (χ1n) is 10.2. The monoisotopic (exact) mass is 418 g/mol. The highest BCUT2D eigenvalue weighted by atomic mass is 19.1. The van der Waals surface area contributed by atoms with Crippen LogP contribution in [0.2, 0.25) is 0 Å². The third kappa shape index (κ3) is 6.00. The average molecular weight is 419 g/mol. The second-order valence-corrected chi connectivity index (χ2v) is 7.27. The molecule has 0 saturated carbocycles. The van der Waals surface area contributed by atoms with Crippen LogP contribution in [-0.4, -0.2) is 77.0 Å². The molecule has 6 nitrogen and oxygen atoms in total. The van der Waals surface area contributed by atoms with Gasteiger partial charge in [-0.3, -0.25) is 4.90 Å². The molecular weight excluding hydrogens is 387 g/mol. The lowest BCUT2D eigenvalue weighted by atomic mass is 10.1. The van der Waals surface area contributed by atoms with Gasteiger partial charge in [-0.15, -0.1) is 0 Å². The quantitative estimate of drug-likeness (QED) is 0.591. The van der Waals surface area contributed by atoms with Crippen molar-refractivity contribution in [1.82, 2.24) is 9.80 Å². The van der Waals surface area contributed by atoms with Crippen LogP contribution in [0.4, 0.5) is 4.39 Å². The maximum atomic E-state index is 13.7. The number of halogens is 1. The molecular formula is C23H31FN2O4. The smallest absolute Gasteiger partial charge is 0.168 e. The Labute approximate surface area is 178 Å². The maximum absolute atomic E-state index is 13.7. The first-order valence-corrected chi connectivity index (χ1v) is 10.2. The van der Waals surface area contributed by atoms with Crippen molar-refractivity contribution in [2.24, 2.45) is 0 Å². The Morgan fingerprint density at radius 3 is 2.03 bits per heavy atom. The van der Waals surface area contributed by atoms with Gasteiger partial charge in [-0.05, 0) is 36.2 Å². The Morgan fingerprint density at radius 1 is 0.767 bits per heavy atom. The zero-order valence-electron chi connectivity index (χ0n) is 18.0. The normalized spacial score (nSPS) is 15.1. The Kier molecular flexibility index (Phi) is 8.16. The van der Waals surface area contributed by atoms with Gasteiger partial charge < -0.3 is 23.8 Å². The number of benzene rings is 2. The number of ether oxygens (including phenoxy) is 4. The third-order valence-corrected chi connectivity index (χ3v) is 5.43. The Bertz CT molecular complexity index is 810. The fourth-order valence-electron chi connectivity index (χ4n) is 3.59. The lowest BCUT2D eigenvalue weighted by Crippen LogP contribution is -2.47. The summed E-state index contributed by atoms with van der Waals surface area (Å²) in [5.41, 5.74) is 1.25. The van der Waals surface area contributed by atoms with Crippen LogP contribution in [0.25, 0.3) is 0 Å². The molecule has 0 amide bonds. The van der Waals surface area contributed by atoms with E-state index in [0.29, 0.717) is 12.4 Å². The molecule has 1 saturated heterocycles. The van der Waals surface area contributed by atoms with E-state index < -0.39 is 5.82 Å². The first-order chi connectivity index (χ1) is 14.6. The number of piperazine rings is 1. The Balaban J connectivity index is 1.36. The molecule has 1 aliphatic heterocycles. The van der Waals surface area contributed by atoms with E-state index in [4.69, 9.17) is 18.9 Å². The molecule has 0 spiro atoms. The summed E-state index contributed by atoms with van der Waals surface area (Å²) in [4.78, 5) is 4.86. The molecule has 0 aromatic heterocycles. The van der Waals surface area contributed by atoms with E-state index in [2.05, 4.69) is 21.9 Å². The van der Waals surface area contributed by atoms with Crippen molar-refractivity contribution in [2.45, 2.75) is 6.42 Å². The number of hydrogen-bond acceptors (Lipinski definition) is 6. The molecule has 1 aliphatic rings. The van der Waals surface area contributed by atoms with Gasteiger partial charge in [0, 0.05) is 45.3 Å². The van der Waals surface area contributed by atoms with E-state index in [1.54, 1.807) is 26.4 Å². The van der Waals surface area contributed by atoms with Crippen molar-refractivity contribution in [3.05, 3.63) is 47.8 Å². The lowest BCUT2D eigenvalue weighted by Gasteiger charge is -2.34. The van der Waals surface area contributed by atoms with E-state index in [1.807, 2.05) is 6.07 Å². The van der Waals surface area contributed by atoms with Gasteiger partial charge in [-0.1, -0.05) is 6.07 Å². The van der Waals surface area contributed by atoms with E-state index in [-0.39, 0.29) is 5.75 Å². The molecule has 7 heteroatoms. The Morgan fingerprint density at radius 2 is 1.40 bits per heavy atom. The van der Waals surface area contributed by atoms with Crippen molar-refractivity contribution in [1.29, 1.82) is 0 Å². The first kappa shape index (κ1) is 22.2. The average Bonchev–Trinajstić information content (AvgIpc) is 2.78. The van der Waals surface area contributed by atoms with Crippen LogP contribution in [-0.2, 0) is 6.42 Å². The van der Waals surface area contributed by atoms with Crippen molar-refractivity contribution in [2.75, 3.05) is 67.2 Å². The molecule has 0 radical (unpaired) electrons. The van der Waals surface area contributed by atoms with Gasteiger partial charge in [-0.2, -0.15) is 0 Å². The number of hydrogen-bond donors (Lipinski definition) is 0. The van der Waals surface area contributed by atoms with Crippen molar-refractivity contribution in [3.8, 4) is 23.0 Å². The van der Waals surface area contributed by atoms with Crippen LogP contribution in [0.1, 0.15) is 5.56 Å². The molecule has 0 aliphatic carbocycles. The van der Waals surface area contributed by atoms with Gasteiger partial charge in [-0.25, -0.2) is 4.39 Å². The van der Waals surface area contributed by atoms with Crippen LogP contribution >= 0.6 is 0 Å². The molecule has 0 unspecified atom stereocenters. The highest BCUT2D eigenvalue weighted by molar-refractivity contribution is 5.43. The topological polar surface area (TPSA) is 43.4 Å². The molecule has 0 N–H and O–H groups in total. The summed E-state index contributed by atoms with van der Waals surface area (Å²) < 4.78 is 35.0. The highest BCUT2D eigenvalue weighted by Gasteiger charge is 2.17. The van der Waals surface area contributed by atoms with Crippen LogP contribution in [0.3, 0.4) is 0 Å². The van der Waals surface area contributed by atoms with Gasteiger partial charge in [0.25, 0.3) is 0 Å². The molecule has 2 aromatic rings. The van der Waals surface area contributed by atoms with Crippen molar-refractivity contribution < 1.29 is 23.3 Å². The molecule has 0 atom stereocenters. The van der Waals surface area contributed by atoms with Crippen LogP contribution in [0.15, 0.2) is 36.4 Å². The fourth-order valence-corrected chi connectivity index (χ4v) is 3.59. The van der Waals surface area contributed by atoms with Gasteiger partial charge >= 0.3 is 0 Å². The van der Waals surface area contributed by atoms with E-state index in [1.165, 1.54) is 18.7 Å². The summed E-state index contributed by atoms with van der Waals surface area (Å²) in [5, 5.41) is 0. The minimum absolute atomic E-state index is 0.228. The van der Waals surface area contributed by atoms with E-state index in [0.717, 1.165) is 57.2 Å². The zero-order valence-corrected chi connectivity index (χ0v) is 18.0. The summed E-state index contributed by atoms with van der Waals surface area (Å²) in [6.45, 7) is 6.47. The largest absolute Gasteiger partial charge is 0.494 e. The summed E-state index contributed by atoms with van der Waals surface area (Å²) >= 11 is 0. The van der Waals surface area contributed by atoms with Crippen molar-refractivity contribution >= 4 is 0 Å². The second kappa shape index (κ2) is 11.0. The number of nitrogens with zero attached hydrogens (tertiary/aromatic N) is 2. The minimum atomic E-state index is -0.405. The van der Waals surface area contributed by atoms with E-state index >= 15 is 0 Å². The maximum Gasteiger partial charge on any atom is 0.168 e. The SMILES string of the molecule is COc1ccc(OCCN2CCN(CCc3ccc(OC)c(OC)c3)CC2)cc1F. The molecule has 0 bridgehead atoms. The van der Waals surface area contributed by atoms with Crippen molar-refractivity contribution in [3.63, 3.8) is 0 Å². The van der Waals surface area contributed by atoms with Gasteiger partial charge in [0.1, 0.15) is 12.4 Å². The lowest BCUT2D eigenvalue weighted by molar-refractivity contribution is 0.117. The molecule has 30 heavy (non-hydrogen) atoms. The highest BCUT2D eigenvalue weighted by Crippen LogP contribution is 2.27. The van der Waals surface area contributed by atoms with Gasteiger partial charge in [0.2, 0.25) is 0 Å². The van der Waals surface area contributed by atoms with Crippen LogP contribution in [0, 0.1) is 5.82 Å². The summed E-state index contributed by atoms with van der Waals surface area (Å²) in [5.74, 6) is 1.89. The van der Waals surface area contributed by atoms with Crippen LogP contribution < -0.4 is 18.9 Å². The molecule has 164 valence electrons. The second-order valence-electron chi connectivity index (χ2n) is 7.27. The number of methoxy groups -OCH3 is 3. The minimum Gasteiger partial charge on any atom is -0.494 e. The van der Waals surface area contributed by atoms with E-state index in [9.17, 15) is 4.39 Å². The summed E-state index contributed by atoms with van der Waals surface area (Å²) in [6, 6.07) is 10.8. The van der Waals surface area contributed by atoms with Crippen LogP contribution in [0.5, 0.6) is 23.0 Å². The molecule has 3 rings (SSSR count). The third-order valence-electron chi connectivity index (χ3n) is 5.43. The molecule has 2 aromatic carbocycles. The number of rotatable bonds is 10. The summed E-state index contributed by atoms with van der Waals surface area (Å²) in [6.07, 6.45) is 0.979. The van der Waals surface area contributed by atoms with Gasteiger partial charge in [0.05, 0.1) is 21.3 Å². The zero-order chi connectivity index (χ0) is 21.3. The predicted octanol–water partition coefficient (Wildman–Crippen LogP) is 3.09. The van der Waals surface area contributed by atoms with Gasteiger partial charge in [0.15, 0.2) is 23.1 Å². The Hall–Kier alpha value is -2.51. The standard InChI is InChI=1S/C23H31FN2O4/c1-27-21-7-5-19(17-20(21)24)30-15-14-26-12-10-25(11-13-26)9-8-18-4-6-22(28-2)23(16-18)29-3/h4-7,16-17H,8-15H2,1-3H3. The molecule has 1 heterocycles.